The third kappa shape index (κ3) is 2.75. The number of rotatable bonds is 4. The highest BCUT2D eigenvalue weighted by atomic mass is 35.5. The molecule has 1 amide bonds. The highest BCUT2D eigenvalue weighted by Gasteiger charge is 2.51. The summed E-state index contributed by atoms with van der Waals surface area (Å²) in [6, 6.07) is 7.74. The van der Waals surface area contributed by atoms with Crippen LogP contribution in [0.4, 0.5) is 0 Å². The molecule has 0 unspecified atom stereocenters. The summed E-state index contributed by atoms with van der Waals surface area (Å²) in [7, 11) is 0. The molecule has 2 aliphatic rings. The van der Waals surface area contributed by atoms with Crippen LogP contribution in [0.1, 0.15) is 42.1 Å². The molecule has 1 aromatic rings. The van der Waals surface area contributed by atoms with E-state index in [0.717, 1.165) is 18.7 Å². The second-order valence-electron chi connectivity index (χ2n) is 6.15. The SMILES string of the molecule is CCO[C@]1(c2cccc(C(N)=O)c2)[C@@H]2CCC[C@H]1CNC2.Cl. The molecule has 122 valence electrons. The molecule has 1 aliphatic carbocycles. The number of fused-ring (bicyclic) bond motifs is 2. The lowest BCUT2D eigenvalue weighted by atomic mass is 9.62. The van der Waals surface area contributed by atoms with Crippen molar-refractivity contribution in [2.45, 2.75) is 31.8 Å². The standard InChI is InChI=1S/C17H24N2O2.ClH/c1-2-21-17(13-6-3-5-12(9-13)16(18)20)14-7-4-8-15(17)11-19-10-14;/h3,5-6,9,14-15,19H,2,4,7-8,10-11H2,1H3,(H2,18,20);1H/t14-,15+,17-;. The molecule has 2 bridgehead atoms. The highest BCUT2D eigenvalue weighted by Crippen LogP contribution is 2.50. The maximum absolute atomic E-state index is 11.5. The van der Waals surface area contributed by atoms with E-state index in [0.29, 0.717) is 24.0 Å². The van der Waals surface area contributed by atoms with Crippen LogP contribution in [0.5, 0.6) is 0 Å². The van der Waals surface area contributed by atoms with Gasteiger partial charge in [-0.25, -0.2) is 0 Å². The van der Waals surface area contributed by atoms with Crippen molar-refractivity contribution in [3.05, 3.63) is 35.4 Å². The van der Waals surface area contributed by atoms with Crippen LogP contribution in [-0.2, 0) is 10.3 Å². The van der Waals surface area contributed by atoms with E-state index in [4.69, 9.17) is 10.5 Å². The van der Waals surface area contributed by atoms with Crippen LogP contribution in [0, 0.1) is 11.8 Å². The number of amides is 1. The van der Waals surface area contributed by atoms with Crippen LogP contribution in [0.2, 0.25) is 0 Å². The largest absolute Gasteiger partial charge is 0.370 e. The molecule has 0 aromatic heterocycles. The minimum Gasteiger partial charge on any atom is -0.370 e. The summed E-state index contributed by atoms with van der Waals surface area (Å²) in [6.45, 7) is 4.71. The summed E-state index contributed by atoms with van der Waals surface area (Å²) in [5.74, 6) is 0.559. The molecule has 1 saturated carbocycles. The Balaban J connectivity index is 0.00000176. The minimum absolute atomic E-state index is 0. The van der Waals surface area contributed by atoms with Crippen molar-refractivity contribution in [3.63, 3.8) is 0 Å². The van der Waals surface area contributed by atoms with Crippen LogP contribution in [0.25, 0.3) is 0 Å². The van der Waals surface area contributed by atoms with Crippen molar-refractivity contribution in [2.75, 3.05) is 19.7 Å². The van der Waals surface area contributed by atoms with Gasteiger partial charge in [0, 0.05) is 37.1 Å². The van der Waals surface area contributed by atoms with E-state index >= 15 is 0 Å². The van der Waals surface area contributed by atoms with Crippen molar-refractivity contribution in [2.24, 2.45) is 17.6 Å². The van der Waals surface area contributed by atoms with E-state index in [1.165, 1.54) is 19.3 Å². The molecular formula is C17H25ClN2O2. The molecule has 3 atom stereocenters. The average Bonchev–Trinajstić information content (AvgIpc) is 2.47. The second kappa shape index (κ2) is 6.99. The maximum atomic E-state index is 11.5. The number of carbonyl (C=O) groups is 1. The Hall–Kier alpha value is -1.10. The zero-order valence-corrected chi connectivity index (χ0v) is 13.8. The molecule has 1 aliphatic heterocycles. The van der Waals surface area contributed by atoms with Gasteiger partial charge in [-0.05, 0) is 37.5 Å². The van der Waals surface area contributed by atoms with Crippen LogP contribution in [0.15, 0.2) is 24.3 Å². The quantitative estimate of drug-likeness (QED) is 0.894. The van der Waals surface area contributed by atoms with Crippen LogP contribution in [-0.4, -0.2) is 25.6 Å². The molecule has 1 aromatic carbocycles. The Kier molecular flexibility index (Phi) is 5.48. The fourth-order valence-corrected chi connectivity index (χ4v) is 4.26. The van der Waals surface area contributed by atoms with Gasteiger partial charge in [0.1, 0.15) is 5.60 Å². The number of benzene rings is 1. The van der Waals surface area contributed by atoms with E-state index in [1.54, 1.807) is 6.07 Å². The molecule has 3 rings (SSSR count). The molecule has 22 heavy (non-hydrogen) atoms. The molecule has 0 spiro atoms. The number of carbonyl (C=O) groups excluding carboxylic acids is 1. The van der Waals surface area contributed by atoms with Crippen molar-refractivity contribution in [1.82, 2.24) is 5.32 Å². The number of nitrogens with one attached hydrogen (secondary N) is 1. The Bertz CT molecular complexity index is 513. The Morgan fingerprint density at radius 1 is 1.36 bits per heavy atom. The smallest absolute Gasteiger partial charge is 0.248 e. The van der Waals surface area contributed by atoms with Gasteiger partial charge in [-0.3, -0.25) is 4.79 Å². The molecule has 1 saturated heterocycles. The summed E-state index contributed by atoms with van der Waals surface area (Å²) >= 11 is 0. The summed E-state index contributed by atoms with van der Waals surface area (Å²) in [5.41, 5.74) is 6.89. The van der Waals surface area contributed by atoms with Gasteiger partial charge in [0.05, 0.1) is 0 Å². The van der Waals surface area contributed by atoms with E-state index in [1.807, 2.05) is 12.1 Å². The monoisotopic (exact) mass is 324 g/mol. The molecule has 5 heteroatoms. The first-order valence-corrected chi connectivity index (χ1v) is 7.93. The van der Waals surface area contributed by atoms with Gasteiger partial charge in [-0.2, -0.15) is 0 Å². The minimum atomic E-state index is -0.373. The number of primary amides is 1. The predicted molar refractivity (Wildman–Crippen MR) is 89.2 cm³/mol. The number of ether oxygens (including phenoxy) is 1. The topological polar surface area (TPSA) is 64.3 Å². The molecular weight excluding hydrogens is 300 g/mol. The summed E-state index contributed by atoms with van der Waals surface area (Å²) in [6.07, 6.45) is 3.61. The van der Waals surface area contributed by atoms with Gasteiger partial charge in [0.2, 0.25) is 5.91 Å². The fraction of sp³-hybridized carbons (Fsp3) is 0.588. The summed E-state index contributed by atoms with van der Waals surface area (Å²) in [4.78, 5) is 11.5. The predicted octanol–water partition coefficient (Wildman–Crippen LogP) is 2.46. The van der Waals surface area contributed by atoms with Gasteiger partial charge >= 0.3 is 0 Å². The Labute approximate surface area is 138 Å². The zero-order chi connectivity index (χ0) is 14.9. The van der Waals surface area contributed by atoms with E-state index in [-0.39, 0.29) is 23.9 Å². The van der Waals surface area contributed by atoms with Crippen molar-refractivity contribution < 1.29 is 9.53 Å². The van der Waals surface area contributed by atoms with Crippen molar-refractivity contribution >= 4 is 18.3 Å². The zero-order valence-electron chi connectivity index (χ0n) is 13.0. The molecule has 3 N–H and O–H groups in total. The lowest BCUT2D eigenvalue weighted by Gasteiger charge is -2.53. The first-order chi connectivity index (χ1) is 10.2. The number of hydrogen-bond acceptors (Lipinski definition) is 3. The number of nitrogens with two attached hydrogens (primary N) is 1. The molecule has 0 radical (unpaired) electrons. The lowest BCUT2D eigenvalue weighted by Crippen LogP contribution is -2.58. The van der Waals surface area contributed by atoms with Gasteiger partial charge in [0.25, 0.3) is 0 Å². The third-order valence-electron chi connectivity index (χ3n) is 5.08. The molecule has 1 heterocycles. The Morgan fingerprint density at radius 2 is 2.05 bits per heavy atom. The summed E-state index contributed by atoms with van der Waals surface area (Å²) in [5, 5.41) is 3.54. The van der Waals surface area contributed by atoms with E-state index in [2.05, 4.69) is 18.3 Å². The lowest BCUT2D eigenvalue weighted by molar-refractivity contribution is -0.161. The van der Waals surface area contributed by atoms with Gasteiger partial charge in [-0.15, -0.1) is 12.4 Å². The first kappa shape index (κ1) is 17.3. The number of halogens is 1. The third-order valence-corrected chi connectivity index (χ3v) is 5.08. The van der Waals surface area contributed by atoms with Crippen molar-refractivity contribution in [1.29, 1.82) is 0 Å². The number of hydrogen-bond donors (Lipinski definition) is 2. The van der Waals surface area contributed by atoms with Crippen LogP contribution < -0.4 is 11.1 Å². The van der Waals surface area contributed by atoms with Gasteiger partial charge in [0.15, 0.2) is 0 Å². The summed E-state index contributed by atoms with van der Waals surface area (Å²) < 4.78 is 6.37. The van der Waals surface area contributed by atoms with Crippen LogP contribution in [0.3, 0.4) is 0 Å². The molecule has 4 nitrogen and oxygen atoms in total. The van der Waals surface area contributed by atoms with E-state index in [9.17, 15) is 4.79 Å². The van der Waals surface area contributed by atoms with Crippen molar-refractivity contribution in [3.8, 4) is 0 Å². The van der Waals surface area contributed by atoms with Crippen LogP contribution >= 0.6 is 12.4 Å². The fourth-order valence-electron chi connectivity index (χ4n) is 4.26. The average molecular weight is 325 g/mol. The highest BCUT2D eigenvalue weighted by molar-refractivity contribution is 5.92. The second-order valence-corrected chi connectivity index (χ2v) is 6.15. The molecule has 2 fully saturated rings. The maximum Gasteiger partial charge on any atom is 0.248 e. The van der Waals surface area contributed by atoms with Gasteiger partial charge in [-0.1, -0.05) is 18.6 Å². The Morgan fingerprint density at radius 3 is 2.64 bits per heavy atom. The first-order valence-electron chi connectivity index (χ1n) is 7.93. The number of piperidine rings is 1. The van der Waals surface area contributed by atoms with Gasteiger partial charge < -0.3 is 15.8 Å². The normalized spacial score (nSPS) is 30.4. The van der Waals surface area contributed by atoms with E-state index < -0.39 is 0 Å².